The lowest BCUT2D eigenvalue weighted by Gasteiger charge is -2.20. The fourth-order valence-corrected chi connectivity index (χ4v) is 1.29. The summed E-state index contributed by atoms with van der Waals surface area (Å²) in [5.74, 6) is 0. The molecule has 3 heteroatoms. The summed E-state index contributed by atoms with van der Waals surface area (Å²) < 4.78 is 0. The van der Waals surface area contributed by atoms with E-state index in [-0.39, 0.29) is 0 Å². The molecule has 1 unspecified atom stereocenters. The zero-order valence-electron chi connectivity index (χ0n) is 10.5. The molecule has 0 radical (unpaired) electrons. The molecule has 3 nitrogen and oxygen atoms in total. The van der Waals surface area contributed by atoms with Gasteiger partial charge in [-0.15, -0.1) is 0 Å². The molecular weight excluding hydrogens is 174 g/mol. The lowest BCUT2D eigenvalue weighted by atomic mass is 10.2. The molecule has 86 valence electrons. The molecule has 14 heavy (non-hydrogen) atoms. The molecule has 0 aliphatic rings. The molecule has 0 amide bonds. The highest BCUT2D eigenvalue weighted by atomic mass is 15.1. The Morgan fingerprint density at radius 3 is 2.21 bits per heavy atom. The summed E-state index contributed by atoms with van der Waals surface area (Å²) in [6.45, 7) is 5.76. The van der Waals surface area contributed by atoms with Crippen molar-refractivity contribution in [2.75, 3.05) is 47.8 Å². The van der Waals surface area contributed by atoms with Crippen molar-refractivity contribution in [1.82, 2.24) is 15.1 Å². The highest BCUT2D eigenvalue weighted by Crippen LogP contribution is 1.97. The highest BCUT2D eigenvalue weighted by Gasteiger charge is 2.01. The van der Waals surface area contributed by atoms with Crippen molar-refractivity contribution in [3.05, 3.63) is 0 Å². The zero-order valence-corrected chi connectivity index (χ0v) is 10.5. The summed E-state index contributed by atoms with van der Waals surface area (Å²) in [4.78, 5) is 4.63. The van der Waals surface area contributed by atoms with Gasteiger partial charge >= 0.3 is 0 Å². The Hall–Kier alpha value is -0.120. The monoisotopic (exact) mass is 201 g/mol. The van der Waals surface area contributed by atoms with E-state index in [9.17, 15) is 0 Å². The predicted octanol–water partition coefficient (Wildman–Crippen LogP) is 0.868. The van der Waals surface area contributed by atoms with E-state index < -0.39 is 0 Å². The molecule has 1 atom stereocenters. The largest absolute Gasteiger partial charge is 0.317 e. The molecule has 0 fully saturated rings. The molecule has 0 heterocycles. The van der Waals surface area contributed by atoms with Crippen molar-refractivity contribution < 1.29 is 0 Å². The van der Waals surface area contributed by atoms with Gasteiger partial charge in [0.15, 0.2) is 0 Å². The Morgan fingerprint density at radius 2 is 1.71 bits per heavy atom. The van der Waals surface area contributed by atoms with E-state index in [1.54, 1.807) is 0 Å². The molecule has 0 rings (SSSR count). The lowest BCUT2D eigenvalue weighted by Crippen LogP contribution is -2.30. The van der Waals surface area contributed by atoms with Gasteiger partial charge in [-0.1, -0.05) is 0 Å². The molecule has 0 spiro atoms. The Kier molecular flexibility index (Phi) is 8.14. The maximum Gasteiger partial charge on any atom is 0.0106 e. The summed E-state index contributed by atoms with van der Waals surface area (Å²) >= 11 is 0. The summed E-state index contributed by atoms with van der Waals surface area (Å²) in [6.07, 6.45) is 2.55. The van der Waals surface area contributed by atoms with Gasteiger partial charge in [-0.05, 0) is 54.5 Å². The van der Waals surface area contributed by atoms with Gasteiger partial charge in [-0.2, -0.15) is 0 Å². The molecule has 0 aliphatic heterocycles. The predicted molar refractivity (Wildman–Crippen MR) is 63.8 cm³/mol. The first-order valence-electron chi connectivity index (χ1n) is 5.56. The van der Waals surface area contributed by atoms with Crippen LogP contribution in [-0.4, -0.2) is 63.7 Å². The van der Waals surface area contributed by atoms with E-state index in [1.807, 2.05) is 7.05 Å². The fraction of sp³-hybridized carbons (Fsp3) is 1.00. The van der Waals surface area contributed by atoms with Gasteiger partial charge in [-0.3, -0.25) is 0 Å². The lowest BCUT2D eigenvalue weighted by molar-refractivity contribution is 0.274. The maximum atomic E-state index is 3.26. The molecule has 0 aromatic rings. The van der Waals surface area contributed by atoms with Crippen molar-refractivity contribution in [2.45, 2.75) is 25.8 Å². The molecule has 0 bridgehead atoms. The van der Waals surface area contributed by atoms with Crippen molar-refractivity contribution in [3.8, 4) is 0 Å². The number of likely N-dealkylation sites (N-methyl/N-ethyl adjacent to an activating group) is 2. The second-order valence-corrected chi connectivity index (χ2v) is 4.44. The van der Waals surface area contributed by atoms with Gasteiger partial charge < -0.3 is 15.1 Å². The minimum Gasteiger partial charge on any atom is -0.317 e. The Balaban J connectivity index is 3.30. The van der Waals surface area contributed by atoms with E-state index >= 15 is 0 Å². The molecule has 0 saturated carbocycles. The minimum atomic E-state index is 0.650. The normalized spacial score (nSPS) is 13.9. The smallest absolute Gasteiger partial charge is 0.0106 e. The van der Waals surface area contributed by atoms with E-state index in [0.29, 0.717) is 6.04 Å². The third-order valence-electron chi connectivity index (χ3n) is 2.60. The molecule has 1 N–H and O–H groups in total. The highest BCUT2D eigenvalue weighted by molar-refractivity contribution is 4.60. The van der Waals surface area contributed by atoms with Crippen LogP contribution in [0.1, 0.15) is 19.8 Å². The van der Waals surface area contributed by atoms with Crippen LogP contribution in [0.15, 0.2) is 0 Å². The molecule has 0 aliphatic carbocycles. The van der Waals surface area contributed by atoms with Crippen molar-refractivity contribution in [1.29, 1.82) is 0 Å². The number of hydrogen-bond acceptors (Lipinski definition) is 3. The quantitative estimate of drug-likeness (QED) is 0.628. The van der Waals surface area contributed by atoms with Crippen LogP contribution in [0.3, 0.4) is 0 Å². The van der Waals surface area contributed by atoms with Crippen LogP contribution in [0.5, 0.6) is 0 Å². The number of rotatable bonds is 8. The van der Waals surface area contributed by atoms with Crippen LogP contribution in [-0.2, 0) is 0 Å². The van der Waals surface area contributed by atoms with Crippen molar-refractivity contribution in [3.63, 3.8) is 0 Å². The van der Waals surface area contributed by atoms with Gasteiger partial charge in [0.05, 0.1) is 0 Å². The van der Waals surface area contributed by atoms with Crippen LogP contribution in [0, 0.1) is 0 Å². The molecule has 0 aromatic carbocycles. The van der Waals surface area contributed by atoms with Gasteiger partial charge in [0.2, 0.25) is 0 Å². The standard InChI is InChI=1S/C11H27N3/c1-11(12-2)7-6-8-14(5)10-9-13(3)4/h11-12H,6-10H2,1-5H3. The van der Waals surface area contributed by atoms with Gasteiger partial charge in [0, 0.05) is 19.1 Å². The van der Waals surface area contributed by atoms with Crippen molar-refractivity contribution >= 4 is 0 Å². The average Bonchev–Trinajstić information content (AvgIpc) is 2.14. The first-order valence-corrected chi connectivity index (χ1v) is 5.56. The van der Waals surface area contributed by atoms with E-state index in [4.69, 9.17) is 0 Å². The van der Waals surface area contributed by atoms with E-state index in [1.165, 1.54) is 25.9 Å². The summed E-state index contributed by atoms with van der Waals surface area (Å²) in [5.41, 5.74) is 0. The Bertz CT molecular complexity index is 126. The topological polar surface area (TPSA) is 18.5 Å². The Labute approximate surface area is 89.5 Å². The van der Waals surface area contributed by atoms with Gasteiger partial charge in [0.25, 0.3) is 0 Å². The zero-order chi connectivity index (χ0) is 11.0. The second kappa shape index (κ2) is 8.21. The molecule has 0 aromatic heterocycles. The van der Waals surface area contributed by atoms with Crippen molar-refractivity contribution in [2.24, 2.45) is 0 Å². The van der Waals surface area contributed by atoms with Crippen LogP contribution in [0.4, 0.5) is 0 Å². The van der Waals surface area contributed by atoms with Crippen LogP contribution in [0.2, 0.25) is 0 Å². The van der Waals surface area contributed by atoms with Crippen LogP contribution in [0.25, 0.3) is 0 Å². The van der Waals surface area contributed by atoms with Gasteiger partial charge in [0.1, 0.15) is 0 Å². The first kappa shape index (κ1) is 13.9. The summed E-state index contributed by atoms with van der Waals surface area (Å²) in [7, 11) is 8.47. The number of nitrogens with zero attached hydrogens (tertiary/aromatic N) is 2. The molecular formula is C11H27N3. The summed E-state index contributed by atoms with van der Waals surface area (Å²) in [6, 6.07) is 0.650. The minimum absolute atomic E-state index is 0.650. The number of nitrogens with one attached hydrogen (secondary N) is 1. The fourth-order valence-electron chi connectivity index (χ4n) is 1.29. The second-order valence-electron chi connectivity index (χ2n) is 4.44. The van der Waals surface area contributed by atoms with Crippen LogP contribution < -0.4 is 5.32 Å². The average molecular weight is 201 g/mol. The van der Waals surface area contributed by atoms with Gasteiger partial charge in [-0.25, -0.2) is 0 Å². The third kappa shape index (κ3) is 8.48. The van der Waals surface area contributed by atoms with Crippen LogP contribution >= 0.6 is 0 Å². The first-order chi connectivity index (χ1) is 6.56. The number of hydrogen-bond donors (Lipinski definition) is 1. The third-order valence-corrected chi connectivity index (χ3v) is 2.60. The summed E-state index contributed by atoms with van der Waals surface area (Å²) in [5, 5.41) is 3.26. The maximum absolute atomic E-state index is 3.26. The SMILES string of the molecule is CNC(C)CCCN(C)CCN(C)C. The van der Waals surface area contributed by atoms with E-state index in [0.717, 1.165) is 6.54 Å². The van der Waals surface area contributed by atoms with E-state index in [2.05, 4.69) is 43.2 Å². The Morgan fingerprint density at radius 1 is 1.07 bits per heavy atom. The molecule has 0 saturated heterocycles.